The molecule has 1 unspecified atom stereocenters. The fourth-order valence-corrected chi connectivity index (χ4v) is 4.43. The van der Waals surface area contributed by atoms with Crippen LogP contribution >= 0.6 is 34.8 Å². The highest BCUT2D eigenvalue weighted by Crippen LogP contribution is 2.28. The van der Waals surface area contributed by atoms with Gasteiger partial charge in [0.15, 0.2) is 6.61 Å². The molecule has 0 aliphatic carbocycles. The van der Waals surface area contributed by atoms with Crippen molar-refractivity contribution in [1.82, 2.24) is 10.2 Å². The fraction of sp³-hybridized carbons (Fsp3) is 0.310. The van der Waals surface area contributed by atoms with Crippen LogP contribution in [0.2, 0.25) is 15.1 Å². The number of benzene rings is 3. The molecule has 0 aliphatic heterocycles. The van der Waals surface area contributed by atoms with Gasteiger partial charge in [0.2, 0.25) is 5.91 Å². The minimum absolute atomic E-state index is 0.0371. The molecule has 2 amide bonds. The van der Waals surface area contributed by atoms with Crippen LogP contribution in [0, 0.1) is 6.92 Å². The second kappa shape index (κ2) is 12.7. The van der Waals surface area contributed by atoms with Crippen LogP contribution < -0.4 is 10.1 Å². The SMILES string of the molecule is Cc1cc(OCC(=O)N(Cc2c(Cl)cccc2Cl)C(Cc2ccccc2)C(=O)NC(C)(C)C)ccc1Cl. The van der Waals surface area contributed by atoms with Gasteiger partial charge in [-0.2, -0.15) is 0 Å². The van der Waals surface area contributed by atoms with Crippen LogP contribution in [0.25, 0.3) is 0 Å². The van der Waals surface area contributed by atoms with Crippen molar-refractivity contribution in [3.05, 3.63) is 98.5 Å². The summed E-state index contributed by atoms with van der Waals surface area (Å²) >= 11 is 19.1. The first-order valence-corrected chi connectivity index (χ1v) is 13.1. The van der Waals surface area contributed by atoms with Crippen LogP contribution in [-0.2, 0) is 22.6 Å². The third-order valence-electron chi connectivity index (χ3n) is 5.65. The molecule has 8 heteroatoms. The highest BCUT2D eigenvalue weighted by atomic mass is 35.5. The van der Waals surface area contributed by atoms with E-state index in [2.05, 4.69) is 5.32 Å². The molecule has 5 nitrogen and oxygen atoms in total. The summed E-state index contributed by atoms with van der Waals surface area (Å²) in [6, 6.07) is 19.1. The number of hydrogen-bond donors (Lipinski definition) is 1. The Kier molecular flexibility index (Phi) is 9.88. The van der Waals surface area contributed by atoms with Crippen LogP contribution in [-0.4, -0.2) is 34.9 Å². The molecule has 3 rings (SSSR count). The van der Waals surface area contributed by atoms with Crippen molar-refractivity contribution in [2.24, 2.45) is 0 Å². The summed E-state index contributed by atoms with van der Waals surface area (Å²) < 4.78 is 5.82. The van der Waals surface area contributed by atoms with Gasteiger partial charge in [0, 0.05) is 39.1 Å². The molecule has 37 heavy (non-hydrogen) atoms. The van der Waals surface area contributed by atoms with Gasteiger partial charge in [-0.05, 0) is 69.2 Å². The first kappa shape index (κ1) is 28.8. The molecule has 3 aromatic rings. The molecule has 0 aliphatic rings. The summed E-state index contributed by atoms with van der Waals surface area (Å²) in [4.78, 5) is 28.8. The molecule has 0 saturated carbocycles. The molecule has 196 valence electrons. The maximum Gasteiger partial charge on any atom is 0.261 e. The Labute approximate surface area is 233 Å². The van der Waals surface area contributed by atoms with Gasteiger partial charge in [0.05, 0.1) is 0 Å². The number of nitrogens with zero attached hydrogens (tertiary/aromatic N) is 1. The van der Waals surface area contributed by atoms with Gasteiger partial charge in [-0.15, -0.1) is 0 Å². The Morgan fingerprint density at radius 1 is 0.919 bits per heavy atom. The standard InChI is InChI=1S/C29H31Cl3N2O3/c1-19-15-21(13-14-23(19)30)37-18-27(35)34(17-22-24(31)11-8-12-25(22)32)26(28(36)33-29(2,3)4)16-20-9-6-5-7-10-20/h5-15,26H,16-18H2,1-4H3,(H,33,36). The lowest BCUT2D eigenvalue weighted by Crippen LogP contribution is -2.55. The summed E-state index contributed by atoms with van der Waals surface area (Å²) in [5.41, 5.74) is 1.80. The third-order valence-corrected chi connectivity index (χ3v) is 6.78. The third kappa shape index (κ3) is 8.39. The lowest BCUT2D eigenvalue weighted by atomic mass is 10.0. The molecule has 0 heterocycles. The Hall–Kier alpha value is -2.73. The van der Waals surface area contributed by atoms with E-state index >= 15 is 0 Å². The number of aryl methyl sites for hydroxylation is 1. The van der Waals surface area contributed by atoms with E-state index in [-0.39, 0.29) is 25.0 Å². The van der Waals surface area contributed by atoms with Gasteiger partial charge in [0.1, 0.15) is 11.8 Å². The highest BCUT2D eigenvalue weighted by molar-refractivity contribution is 6.36. The molecular weight excluding hydrogens is 531 g/mol. The first-order chi connectivity index (χ1) is 17.4. The smallest absolute Gasteiger partial charge is 0.261 e. The van der Waals surface area contributed by atoms with Crippen molar-refractivity contribution in [2.75, 3.05) is 6.61 Å². The van der Waals surface area contributed by atoms with E-state index in [1.165, 1.54) is 4.90 Å². The van der Waals surface area contributed by atoms with Crippen molar-refractivity contribution in [2.45, 2.75) is 52.2 Å². The van der Waals surface area contributed by atoms with E-state index < -0.39 is 11.6 Å². The number of hydrogen-bond acceptors (Lipinski definition) is 3. The van der Waals surface area contributed by atoms with Gasteiger partial charge in [-0.3, -0.25) is 9.59 Å². The van der Waals surface area contributed by atoms with Crippen LogP contribution in [0.1, 0.15) is 37.5 Å². The average molecular weight is 562 g/mol. The van der Waals surface area contributed by atoms with Crippen LogP contribution in [0.5, 0.6) is 5.75 Å². The molecule has 0 fully saturated rings. The second-order valence-electron chi connectivity index (χ2n) is 9.87. The van der Waals surface area contributed by atoms with E-state index in [1.54, 1.807) is 36.4 Å². The molecule has 0 bridgehead atoms. The second-order valence-corrected chi connectivity index (χ2v) is 11.1. The van der Waals surface area contributed by atoms with Crippen molar-refractivity contribution in [1.29, 1.82) is 0 Å². The van der Waals surface area contributed by atoms with E-state index in [4.69, 9.17) is 39.5 Å². The molecule has 0 saturated heterocycles. The number of halogens is 3. The Balaban J connectivity index is 1.98. The van der Waals surface area contributed by atoms with Gasteiger partial charge < -0.3 is 15.0 Å². The minimum Gasteiger partial charge on any atom is -0.484 e. The van der Waals surface area contributed by atoms with Gasteiger partial charge in [0.25, 0.3) is 5.91 Å². The Morgan fingerprint density at radius 2 is 1.57 bits per heavy atom. The number of carbonyl (C=O) groups is 2. The molecular formula is C29H31Cl3N2O3. The summed E-state index contributed by atoms with van der Waals surface area (Å²) in [6.07, 6.45) is 0.302. The number of ether oxygens (including phenoxy) is 1. The molecule has 0 spiro atoms. The van der Waals surface area contributed by atoms with Crippen molar-refractivity contribution >= 4 is 46.6 Å². The predicted octanol–water partition coefficient (Wildman–Crippen LogP) is 6.89. The normalized spacial score (nSPS) is 12.1. The topological polar surface area (TPSA) is 58.6 Å². The van der Waals surface area contributed by atoms with Crippen molar-refractivity contribution in [3.8, 4) is 5.75 Å². The van der Waals surface area contributed by atoms with E-state index in [9.17, 15) is 9.59 Å². The summed E-state index contributed by atoms with van der Waals surface area (Å²) in [6.45, 7) is 7.30. The zero-order valence-corrected chi connectivity index (χ0v) is 23.6. The Morgan fingerprint density at radius 3 is 2.16 bits per heavy atom. The van der Waals surface area contributed by atoms with Gasteiger partial charge in [-0.25, -0.2) is 0 Å². The van der Waals surface area contributed by atoms with E-state index in [0.29, 0.717) is 32.8 Å². The minimum atomic E-state index is -0.836. The largest absolute Gasteiger partial charge is 0.484 e. The monoisotopic (exact) mass is 560 g/mol. The zero-order valence-electron chi connectivity index (χ0n) is 21.4. The number of amides is 2. The zero-order chi connectivity index (χ0) is 27.2. The van der Waals surface area contributed by atoms with Crippen molar-refractivity contribution < 1.29 is 14.3 Å². The fourth-order valence-electron chi connectivity index (χ4n) is 3.80. The number of nitrogens with one attached hydrogen (secondary N) is 1. The summed E-state index contributed by atoms with van der Waals surface area (Å²) in [5, 5.41) is 4.45. The maximum atomic E-state index is 13.7. The first-order valence-electron chi connectivity index (χ1n) is 11.9. The number of rotatable bonds is 9. The maximum absolute atomic E-state index is 13.7. The summed E-state index contributed by atoms with van der Waals surface area (Å²) in [7, 11) is 0. The Bertz CT molecular complexity index is 1220. The molecule has 1 N–H and O–H groups in total. The van der Waals surface area contributed by atoms with Crippen LogP contribution in [0.3, 0.4) is 0 Å². The molecule has 0 radical (unpaired) electrons. The van der Waals surface area contributed by atoms with E-state index in [1.807, 2.05) is 58.0 Å². The molecule has 0 aromatic heterocycles. The van der Waals surface area contributed by atoms with Gasteiger partial charge >= 0.3 is 0 Å². The van der Waals surface area contributed by atoms with Gasteiger partial charge in [-0.1, -0.05) is 71.2 Å². The van der Waals surface area contributed by atoms with Crippen LogP contribution in [0.15, 0.2) is 66.7 Å². The van der Waals surface area contributed by atoms with Crippen LogP contribution in [0.4, 0.5) is 0 Å². The molecule has 1 atom stereocenters. The highest BCUT2D eigenvalue weighted by Gasteiger charge is 2.33. The predicted molar refractivity (Wildman–Crippen MR) is 151 cm³/mol. The van der Waals surface area contributed by atoms with Crippen molar-refractivity contribution in [3.63, 3.8) is 0 Å². The lowest BCUT2D eigenvalue weighted by molar-refractivity contribution is -0.143. The number of carbonyl (C=O) groups excluding carboxylic acids is 2. The molecule has 3 aromatic carbocycles. The van der Waals surface area contributed by atoms with E-state index in [0.717, 1.165) is 11.1 Å². The summed E-state index contributed by atoms with van der Waals surface area (Å²) in [5.74, 6) is -0.159. The average Bonchev–Trinajstić information content (AvgIpc) is 2.83. The lowest BCUT2D eigenvalue weighted by Gasteiger charge is -2.34. The quantitative estimate of drug-likeness (QED) is 0.309.